The summed E-state index contributed by atoms with van der Waals surface area (Å²) in [5.74, 6) is -1.14. The minimum absolute atomic E-state index is 0.0892. The number of rotatable bonds is 8. The van der Waals surface area contributed by atoms with E-state index >= 15 is 0 Å². The van der Waals surface area contributed by atoms with Gasteiger partial charge in [-0.2, -0.15) is 0 Å². The third kappa shape index (κ3) is 6.09. The minimum Gasteiger partial charge on any atom is -0.481 e. The number of benzene rings is 2. The van der Waals surface area contributed by atoms with Gasteiger partial charge in [-0.05, 0) is 79.2 Å². The van der Waals surface area contributed by atoms with E-state index in [1.54, 1.807) is 23.5 Å². The smallest absolute Gasteiger partial charge is 0.305 e. The zero-order valence-corrected chi connectivity index (χ0v) is 22.6. The second-order valence-electron chi connectivity index (χ2n) is 11.0. The van der Waals surface area contributed by atoms with Crippen LogP contribution in [0.3, 0.4) is 0 Å². The first-order chi connectivity index (χ1) is 18.4. The Hall–Kier alpha value is -3.19. The number of nitrogens with one attached hydrogen (secondary N) is 1. The van der Waals surface area contributed by atoms with E-state index in [0.29, 0.717) is 17.5 Å². The highest BCUT2D eigenvalue weighted by Gasteiger charge is 2.39. The van der Waals surface area contributed by atoms with Crippen molar-refractivity contribution in [1.29, 1.82) is 0 Å². The molecule has 2 N–H and O–H groups in total. The van der Waals surface area contributed by atoms with E-state index in [1.807, 2.05) is 30.3 Å². The highest BCUT2D eigenvalue weighted by atomic mass is 32.1. The van der Waals surface area contributed by atoms with E-state index < -0.39 is 5.97 Å². The number of fused-ring (bicyclic) bond motifs is 1. The van der Waals surface area contributed by atoms with E-state index in [4.69, 9.17) is 5.11 Å². The Morgan fingerprint density at radius 1 is 0.947 bits per heavy atom. The van der Waals surface area contributed by atoms with Gasteiger partial charge in [0, 0.05) is 29.4 Å². The van der Waals surface area contributed by atoms with Gasteiger partial charge in [-0.15, -0.1) is 11.3 Å². The first kappa shape index (κ1) is 26.4. The average molecular weight is 533 g/mol. The summed E-state index contributed by atoms with van der Waals surface area (Å²) >= 11 is 1.56. The van der Waals surface area contributed by atoms with Crippen LogP contribution in [0.2, 0.25) is 0 Å². The fourth-order valence-electron chi connectivity index (χ4n) is 6.27. The Morgan fingerprint density at radius 2 is 1.66 bits per heavy atom. The van der Waals surface area contributed by atoms with Gasteiger partial charge in [-0.25, -0.2) is 0 Å². The SMILES string of the molecule is O=C(O)CCNC(=O)c1ccc(CN(C(=O)c2cc3ccccc3s2)C2CCC3(CCCCC3)CC2)cc1. The zero-order valence-electron chi connectivity index (χ0n) is 21.8. The zero-order chi connectivity index (χ0) is 26.5. The van der Waals surface area contributed by atoms with Gasteiger partial charge in [0.05, 0.1) is 11.3 Å². The molecule has 1 heterocycles. The van der Waals surface area contributed by atoms with Crippen LogP contribution in [0, 0.1) is 5.41 Å². The molecule has 0 aliphatic heterocycles. The second-order valence-corrected chi connectivity index (χ2v) is 12.1. The maximum Gasteiger partial charge on any atom is 0.305 e. The third-order valence-corrected chi connectivity index (χ3v) is 9.57. The summed E-state index contributed by atoms with van der Waals surface area (Å²) in [6.07, 6.45) is 11.1. The quantitative estimate of drug-likeness (QED) is 0.340. The molecule has 7 heteroatoms. The first-order valence-electron chi connectivity index (χ1n) is 13.8. The van der Waals surface area contributed by atoms with Gasteiger partial charge in [0.15, 0.2) is 0 Å². The van der Waals surface area contributed by atoms with Crippen molar-refractivity contribution in [2.24, 2.45) is 5.41 Å². The van der Waals surface area contributed by atoms with E-state index in [0.717, 1.165) is 33.4 Å². The molecule has 1 spiro atoms. The summed E-state index contributed by atoms with van der Waals surface area (Å²) in [5, 5.41) is 12.5. The van der Waals surface area contributed by atoms with Crippen LogP contribution >= 0.6 is 11.3 Å². The number of amides is 2. The summed E-state index contributed by atoms with van der Waals surface area (Å²) in [7, 11) is 0. The van der Waals surface area contributed by atoms with E-state index in [9.17, 15) is 14.4 Å². The highest BCUT2D eigenvalue weighted by molar-refractivity contribution is 7.20. The largest absolute Gasteiger partial charge is 0.481 e. The molecule has 0 saturated heterocycles. The molecule has 2 aromatic carbocycles. The van der Waals surface area contributed by atoms with Crippen molar-refractivity contribution in [3.05, 3.63) is 70.6 Å². The molecule has 0 bridgehead atoms. The minimum atomic E-state index is -0.943. The molecule has 38 heavy (non-hydrogen) atoms. The molecule has 0 atom stereocenters. The molecule has 2 aliphatic rings. The van der Waals surface area contributed by atoms with Crippen LogP contribution in [0.5, 0.6) is 0 Å². The van der Waals surface area contributed by atoms with Crippen LogP contribution < -0.4 is 5.32 Å². The number of carboxylic acid groups (broad SMARTS) is 1. The van der Waals surface area contributed by atoms with Crippen LogP contribution in [0.4, 0.5) is 0 Å². The number of nitrogens with zero attached hydrogens (tertiary/aromatic N) is 1. The topological polar surface area (TPSA) is 86.7 Å². The molecule has 2 saturated carbocycles. The second kappa shape index (κ2) is 11.7. The van der Waals surface area contributed by atoms with Crippen LogP contribution in [0.1, 0.15) is 89.8 Å². The van der Waals surface area contributed by atoms with Crippen molar-refractivity contribution in [2.75, 3.05) is 6.54 Å². The van der Waals surface area contributed by atoms with E-state index in [1.165, 1.54) is 44.9 Å². The van der Waals surface area contributed by atoms with E-state index in [-0.39, 0.29) is 30.8 Å². The molecule has 1 aromatic heterocycles. The lowest BCUT2D eigenvalue weighted by atomic mass is 9.64. The Balaban J connectivity index is 1.32. The predicted molar refractivity (Wildman–Crippen MR) is 151 cm³/mol. The molecular weight excluding hydrogens is 496 g/mol. The maximum absolute atomic E-state index is 14.0. The van der Waals surface area contributed by atoms with Crippen molar-refractivity contribution in [2.45, 2.75) is 76.8 Å². The molecular formula is C31H36N2O4S. The monoisotopic (exact) mass is 532 g/mol. The summed E-state index contributed by atoms with van der Waals surface area (Å²) in [5.41, 5.74) is 1.95. The third-order valence-electron chi connectivity index (χ3n) is 8.46. The highest BCUT2D eigenvalue weighted by Crippen LogP contribution is 2.48. The Kier molecular flexibility index (Phi) is 8.12. The van der Waals surface area contributed by atoms with Crippen LogP contribution in [-0.4, -0.2) is 40.4 Å². The van der Waals surface area contributed by atoms with Gasteiger partial charge in [-0.1, -0.05) is 49.6 Å². The summed E-state index contributed by atoms with van der Waals surface area (Å²) in [4.78, 5) is 39.9. The predicted octanol–water partition coefficient (Wildman–Crippen LogP) is 6.64. The first-order valence-corrected chi connectivity index (χ1v) is 14.6. The summed E-state index contributed by atoms with van der Waals surface area (Å²) in [6.45, 7) is 0.599. The molecule has 3 aromatic rings. The number of thiophene rings is 1. The average Bonchev–Trinajstić information content (AvgIpc) is 3.37. The number of hydrogen-bond acceptors (Lipinski definition) is 4. The lowest BCUT2D eigenvalue weighted by Crippen LogP contribution is -2.44. The molecule has 0 radical (unpaired) electrons. The fourth-order valence-corrected chi connectivity index (χ4v) is 7.29. The van der Waals surface area contributed by atoms with E-state index in [2.05, 4.69) is 22.3 Å². The fraction of sp³-hybridized carbons (Fsp3) is 0.452. The van der Waals surface area contributed by atoms with Crippen molar-refractivity contribution >= 4 is 39.2 Å². The number of aliphatic carboxylic acids is 1. The molecule has 6 nitrogen and oxygen atoms in total. The summed E-state index contributed by atoms with van der Waals surface area (Å²) < 4.78 is 1.12. The van der Waals surface area contributed by atoms with Gasteiger partial charge in [0.25, 0.3) is 11.8 Å². The van der Waals surface area contributed by atoms with Gasteiger partial charge in [-0.3, -0.25) is 14.4 Å². The molecule has 0 unspecified atom stereocenters. The van der Waals surface area contributed by atoms with Gasteiger partial charge in [0.1, 0.15) is 0 Å². The lowest BCUT2D eigenvalue weighted by molar-refractivity contribution is -0.136. The van der Waals surface area contributed by atoms with Crippen molar-refractivity contribution < 1.29 is 19.5 Å². The Bertz CT molecular complexity index is 1250. The number of carboxylic acids is 1. The molecule has 2 aliphatic carbocycles. The Morgan fingerprint density at radius 3 is 2.34 bits per heavy atom. The van der Waals surface area contributed by atoms with Crippen molar-refractivity contribution in [1.82, 2.24) is 10.2 Å². The lowest BCUT2D eigenvalue weighted by Gasteiger charge is -2.45. The molecule has 2 fully saturated rings. The Labute approximate surface area is 228 Å². The van der Waals surface area contributed by atoms with Crippen LogP contribution in [0.15, 0.2) is 54.6 Å². The van der Waals surface area contributed by atoms with Crippen molar-refractivity contribution in [3.63, 3.8) is 0 Å². The maximum atomic E-state index is 14.0. The molecule has 5 rings (SSSR count). The number of carbonyl (C=O) groups is 3. The van der Waals surface area contributed by atoms with Gasteiger partial charge >= 0.3 is 5.97 Å². The molecule has 200 valence electrons. The van der Waals surface area contributed by atoms with Crippen molar-refractivity contribution in [3.8, 4) is 0 Å². The standard InChI is InChI=1S/C31H36N2O4S/c34-28(35)14-19-32-29(36)23-10-8-22(9-11-23)21-33(25-12-17-31(18-13-25)15-4-1-5-16-31)30(37)27-20-24-6-2-3-7-26(24)38-27/h2-3,6-11,20,25H,1,4-5,12-19,21H2,(H,32,36)(H,34,35). The van der Waals surface area contributed by atoms with Crippen LogP contribution in [-0.2, 0) is 11.3 Å². The van der Waals surface area contributed by atoms with Crippen LogP contribution in [0.25, 0.3) is 10.1 Å². The number of carbonyl (C=O) groups excluding carboxylic acids is 2. The summed E-state index contributed by atoms with van der Waals surface area (Å²) in [6, 6.07) is 17.7. The number of hydrogen-bond donors (Lipinski definition) is 2. The van der Waals surface area contributed by atoms with Gasteiger partial charge in [0.2, 0.25) is 0 Å². The molecule has 2 amide bonds. The van der Waals surface area contributed by atoms with Gasteiger partial charge < -0.3 is 15.3 Å². The normalized spacial score (nSPS) is 17.4.